The van der Waals surface area contributed by atoms with Crippen LogP contribution in [-0.2, 0) is 66.8 Å². The number of carbonyl (C=O) groups excluding carboxylic acids is 9. The van der Waals surface area contributed by atoms with E-state index in [-0.39, 0.29) is 89.6 Å². The molecular weight excluding hydrogens is 616 g/mol. The Balaban J connectivity index is 3.85. The number of ketones is 2. The van der Waals surface area contributed by atoms with Gasteiger partial charge in [-0.3, -0.25) is 24.0 Å². The lowest BCUT2D eigenvalue weighted by molar-refractivity contribution is -0.155. The molecule has 0 rings (SSSR count). The van der Waals surface area contributed by atoms with Crippen molar-refractivity contribution in [2.45, 2.75) is 52.4 Å². The van der Waals surface area contributed by atoms with E-state index in [2.05, 4.69) is 23.8 Å². The van der Waals surface area contributed by atoms with E-state index in [1.165, 1.54) is 13.8 Å². The molecule has 0 heterocycles. The topological polar surface area (TPSA) is 233 Å². The van der Waals surface area contributed by atoms with Crippen LogP contribution in [0.1, 0.15) is 52.4 Å². The molecule has 0 aromatic heterocycles. The second-order valence-electron chi connectivity index (χ2n) is 9.28. The predicted molar refractivity (Wildman–Crippen MR) is 154 cm³/mol. The fourth-order valence-corrected chi connectivity index (χ4v) is 2.69. The molecule has 17 nitrogen and oxygen atoms in total. The van der Waals surface area contributed by atoms with Gasteiger partial charge < -0.3 is 39.1 Å². The van der Waals surface area contributed by atoms with Gasteiger partial charge in [0.15, 0.2) is 0 Å². The molecule has 0 aliphatic heterocycles. The predicted octanol–water partition coefficient (Wildman–Crippen LogP) is 0.176. The molecule has 46 heavy (non-hydrogen) atoms. The fraction of sp³-hybridized carbons (Fsp3) is 0.552. The Bertz CT molecular complexity index is 1150. The molecule has 0 fully saturated rings. The van der Waals surface area contributed by atoms with Gasteiger partial charge in [-0.2, -0.15) is 0 Å². The van der Waals surface area contributed by atoms with Gasteiger partial charge in [0.1, 0.15) is 13.2 Å². The van der Waals surface area contributed by atoms with Crippen molar-refractivity contribution in [3.05, 3.63) is 24.3 Å². The highest BCUT2D eigenvalue weighted by Gasteiger charge is 2.18. The molecule has 0 unspecified atom stereocenters. The summed E-state index contributed by atoms with van der Waals surface area (Å²) in [6.45, 7) is 8.86. The number of hydrogen-bond donors (Lipinski definition) is 2. The molecule has 0 saturated carbocycles. The smallest absolute Gasteiger partial charge is 0.407 e. The number of hydrogen-bond acceptors (Lipinski definition) is 15. The zero-order valence-corrected chi connectivity index (χ0v) is 25.9. The van der Waals surface area contributed by atoms with Gasteiger partial charge in [0.25, 0.3) is 5.91 Å². The lowest BCUT2D eigenvalue weighted by Gasteiger charge is -2.08. The fourth-order valence-electron chi connectivity index (χ4n) is 2.69. The summed E-state index contributed by atoms with van der Waals surface area (Å²) in [5, 5.41) is 4.60. The number of rotatable bonds is 24. The maximum atomic E-state index is 11.8. The average Bonchev–Trinajstić information content (AvgIpc) is 3.01. The van der Waals surface area contributed by atoms with Gasteiger partial charge in [-0.25, -0.2) is 19.2 Å². The molecule has 0 aromatic carbocycles. The molecule has 0 aliphatic carbocycles. The minimum Gasteiger partial charge on any atom is -0.466 e. The third-order valence-electron chi connectivity index (χ3n) is 5.09. The Labute approximate surface area is 265 Å². The van der Waals surface area contributed by atoms with E-state index in [4.69, 9.17) is 28.4 Å². The normalized spacial score (nSPS) is 9.96. The third kappa shape index (κ3) is 21.6. The number of Topliss-reactive ketones (excluding diaryl/α,β-unsaturated/α-hetero) is 2. The van der Waals surface area contributed by atoms with E-state index >= 15 is 0 Å². The first-order valence-corrected chi connectivity index (χ1v) is 14.1. The van der Waals surface area contributed by atoms with E-state index < -0.39 is 66.3 Å². The SMILES string of the molecule is C=C(C)C(=O)OCCNC(=O)OCCCOC(=O)CCC(=O)C(=O)OCCCOC(=O)CCC(=O)C(=O)NCCOC(=O)C(=C)C. The van der Waals surface area contributed by atoms with Crippen molar-refractivity contribution < 1.29 is 71.6 Å². The van der Waals surface area contributed by atoms with E-state index in [9.17, 15) is 43.2 Å². The first-order chi connectivity index (χ1) is 21.7. The highest BCUT2D eigenvalue weighted by Crippen LogP contribution is 2.00. The van der Waals surface area contributed by atoms with Crippen LogP contribution in [-0.4, -0.2) is 106 Å². The van der Waals surface area contributed by atoms with Crippen molar-refractivity contribution in [2.24, 2.45) is 0 Å². The van der Waals surface area contributed by atoms with Crippen LogP contribution in [0.15, 0.2) is 24.3 Å². The standard InChI is InChI=1S/C29H40N2O15/c1-19(2)26(37)44-17-11-30-25(36)21(32)7-9-23(34)41-13-5-15-43-28(39)22(33)8-10-24(35)42-14-6-16-46-29(40)31-12-18-45-27(38)20(3)4/h1,3,5-18H2,2,4H3,(H,30,36)(H,31,40). The van der Waals surface area contributed by atoms with Gasteiger partial charge in [-0.15, -0.1) is 0 Å². The molecule has 17 heteroatoms. The molecule has 2 N–H and O–H groups in total. The van der Waals surface area contributed by atoms with Crippen molar-refractivity contribution in [1.82, 2.24) is 10.6 Å². The summed E-state index contributed by atoms with van der Waals surface area (Å²) < 4.78 is 28.9. The lowest BCUT2D eigenvalue weighted by atomic mass is 10.2. The van der Waals surface area contributed by atoms with Crippen molar-refractivity contribution in [3.8, 4) is 0 Å². The maximum Gasteiger partial charge on any atom is 0.407 e. The quantitative estimate of drug-likeness (QED) is 0.0463. The van der Waals surface area contributed by atoms with E-state index in [0.717, 1.165) is 0 Å². The van der Waals surface area contributed by atoms with Crippen molar-refractivity contribution in [3.63, 3.8) is 0 Å². The summed E-state index contributed by atoms with van der Waals surface area (Å²) in [4.78, 5) is 104. The van der Waals surface area contributed by atoms with Crippen molar-refractivity contribution >= 4 is 53.4 Å². The van der Waals surface area contributed by atoms with Crippen LogP contribution in [0.2, 0.25) is 0 Å². The minimum absolute atomic E-state index is 0.0320. The highest BCUT2D eigenvalue weighted by molar-refractivity contribution is 6.36. The number of ether oxygens (including phenoxy) is 6. The van der Waals surface area contributed by atoms with Crippen LogP contribution >= 0.6 is 0 Å². The van der Waals surface area contributed by atoms with Gasteiger partial charge in [0, 0.05) is 36.8 Å². The van der Waals surface area contributed by atoms with Crippen LogP contribution in [0.5, 0.6) is 0 Å². The summed E-state index contributed by atoms with van der Waals surface area (Å²) in [7, 11) is 0. The molecule has 2 amide bonds. The van der Waals surface area contributed by atoms with Gasteiger partial charge in [-0.1, -0.05) is 13.2 Å². The minimum atomic E-state index is -1.18. The van der Waals surface area contributed by atoms with Crippen LogP contribution in [0.3, 0.4) is 0 Å². The summed E-state index contributed by atoms with van der Waals surface area (Å²) in [5.74, 6) is -6.71. The molecule has 0 radical (unpaired) electrons. The van der Waals surface area contributed by atoms with Crippen LogP contribution in [0, 0.1) is 0 Å². The molecule has 0 atom stereocenters. The molecule has 0 aliphatic rings. The summed E-state index contributed by atoms with van der Waals surface area (Å²) >= 11 is 0. The Kier molecular flexibility index (Phi) is 21.6. The van der Waals surface area contributed by atoms with Crippen LogP contribution in [0.4, 0.5) is 4.79 Å². The molecular formula is C29H40N2O15. The maximum absolute atomic E-state index is 11.8. The molecule has 256 valence electrons. The first kappa shape index (κ1) is 40.9. The van der Waals surface area contributed by atoms with E-state index in [0.29, 0.717) is 0 Å². The second-order valence-corrected chi connectivity index (χ2v) is 9.28. The zero-order valence-electron chi connectivity index (χ0n) is 25.9. The monoisotopic (exact) mass is 656 g/mol. The zero-order chi connectivity index (χ0) is 34.9. The number of nitrogens with one attached hydrogen (secondary N) is 2. The number of carbonyl (C=O) groups is 9. The largest absolute Gasteiger partial charge is 0.466 e. The Hall–Kier alpha value is -5.09. The average molecular weight is 657 g/mol. The third-order valence-corrected chi connectivity index (χ3v) is 5.09. The lowest BCUT2D eigenvalue weighted by Crippen LogP contribution is -2.34. The molecule has 0 saturated heterocycles. The Morgan fingerprint density at radius 3 is 1.39 bits per heavy atom. The summed E-state index contributed by atoms with van der Waals surface area (Å²) in [6, 6.07) is 0. The van der Waals surface area contributed by atoms with E-state index in [1.54, 1.807) is 0 Å². The highest BCUT2D eigenvalue weighted by atomic mass is 16.6. The Morgan fingerprint density at radius 2 is 0.891 bits per heavy atom. The van der Waals surface area contributed by atoms with Gasteiger partial charge >= 0.3 is 35.9 Å². The van der Waals surface area contributed by atoms with Crippen LogP contribution in [0.25, 0.3) is 0 Å². The molecule has 0 aromatic rings. The Morgan fingerprint density at radius 1 is 0.478 bits per heavy atom. The van der Waals surface area contributed by atoms with Gasteiger partial charge in [-0.05, 0) is 13.8 Å². The second kappa shape index (κ2) is 24.3. The van der Waals surface area contributed by atoms with Gasteiger partial charge in [0.05, 0.1) is 52.4 Å². The van der Waals surface area contributed by atoms with Gasteiger partial charge in [0.2, 0.25) is 11.6 Å². The number of alkyl carbamates (subject to hydrolysis) is 1. The summed E-state index contributed by atoms with van der Waals surface area (Å²) in [5.41, 5.74) is 0.413. The number of esters is 5. The van der Waals surface area contributed by atoms with Crippen molar-refractivity contribution in [2.75, 3.05) is 52.7 Å². The van der Waals surface area contributed by atoms with E-state index in [1.807, 2.05) is 0 Å². The molecule has 0 bridgehead atoms. The number of amides is 2. The first-order valence-electron chi connectivity index (χ1n) is 14.1. The summed E-state index contributed by atoms with van der Waals surface area (Å²) in [6.07, 6.45) is -2.15. The molecule has 0 spiro atoms. The van der Waals surface area contributed by atoms with Crippen molar-refractivity contribution in [1.29, 1.82) is 0 Å². The van der Waals surface area contributed by atoms with Crippen LogP contribution < -0.4 is 10.6 Å².